The molecule has 0 aromatic carbocycles. The molecule has 86 valence electrons. The van der Waals surface area contributed by atoms with Gasteiger partial charge >= 0.3 is 5.51 Å². The molecule has 0 radical (unpaired) electrons. The number of halogens is 3. The van der Waals surface area contributed by atoms with Crippen molar-refractivity contribution in [3.05, 3.63) is 12.2 Å². The maximum atomic E-state index is 11.7. The van der Waals surface area contributed by atoms with Crippen molar-refractivity contribution >= 4 is 11.8 Å². The number of hydrogen-bond acceptors (Lipinski definition) is 5. The first kappa shape index (κ1) is 12.3. The van der Waals surface area contributed by atoms with Crippen LogP contribution in [0.5, 0.6) is 0 Å². The first-order chi connectivity index (χ1) is 7.08. The van der Waals surface area contributed by atoms with E-state index >= 15 is 0 Å². The Morgan fingerprint density at radius 3 is 2.80 bits per heavy atom. The monoisotopic (exact) mass is 241 g/mol. The normalized spacial score (nSPS) is 11.9. The molecule has 0 bridgehead atoms. The molecule has 1 rings (SSSR count). The van der Waals surface area contributed by atoms with Crippen LogP contribution in [0.2, 0.25) is 0 Å². The third kappa shape index (κ3) is 6.34. The number of nitrogens with zero attached hydrogens (tertiary/aromatic N) is 2. The zero-order valence-corrected chi connectivity index (χ0v) is 8.57. The van der Waals surface area contributed by atoms with Crippen molar-refractivity contribution in [2.24, 2.45) is 0 Å². The molecule has 0 unspecified atom stereocenters. The Hall–Kier alpha value is -0.760. The summed E-state index contributed by atoms with van der Waals surface area (Å²) in [7, 11) is 0. The minimum absolute atomic E-state index is 0.00967. The number of alkyl halides is 3. The molecular weight excluding hydrogens is 231 g/mol. The highest BCUT2D eigenvalue weighted by atomic mass is 32.2. The zero-order chi connectivity index (χ0) is 11.1. The van der Waals surface area contributed by atoms with Crippen molar-refractivity contribution in [1.82, 2.24) is 15.5 Å². The lowest BCUT2D eigenvalue weighted by Gasteiger charge is -2.05. The second-order valence-electron chi connectivity index (χ2n) is 2.64. The van der Waals surface area contributed by atoms with Gasteiger partial charge in [-0.3, -0.25) is 0 Å². The maximum absolute atomic E-state index is 11.7. The summed E-state index contributed by atoms with van der Waals surface area (Å²) in [6.07, 6.45) is 1.77. The van der Waals surface area contributed by atoms with Gasteiger partial charge in [0.1, 0.15) is 0 Å². The second-order valence-corrected chi connectivity index (χ2v) is 3.80. The molecule has 1 aromatic rings. The predicted octanol–water partition coefficient (Wildman–Crippen LogP) is 1.45. The van der Waals surface area contributed by atoms with Crippen LogP contribution in [0.15, 0.2) is 10.9 Å². The van der Waals surface area contributed by atoms with Gasteiger partial charge in [-0.2, -0.15) is 18.2 Å². The van der Waals surface area contributed by atoms with Crippen LogP contribution in [-0.2, 0) is 6.42 Å². The molecule has 0 aliphatic rings. The Morgan fingerprint density at radius 2 is 2.20 bits per heavy atom. The van der Waals surface area contributed by atoms with E-state index in [0.717, 1.165) is 0 Å². The number of rotatable bonds is 6. The lowest BCUT2D eigenvalue weighted by molar-refractivity contribution is -0.0327. The van der Waals surface area contributed by atoms with Crippen molar-refractivity contribution in [3.63, 3.8) is 0 Å². The number of aromatic nitrogens is 2. The molecular formula is C7H10F3N3OS. The molecule has 0 saturated heterocycles. The van der Waals surface area contributed by atoms with Crippen LogP contribution in [0.3, 0.4) is 0 Å². The number of thioether (sulfide) groups is 1. The molecule has 0 aliphatic heterocycles. The van der Waals surface area contributed by atoms with Crippen molar-refractivity contribution < 1.29 is 17.7 Å². The molecule has 0 spiro atoms. The molecule has 0 amide bonds. The van der Waals surface area contributed by atoms with Gasteiger partial charge in [-0.1, -0.05) is 5.16 Å². The summed E-state index contributed by atoms with van der Waals surface area (Å²) >= 11 is -0.0308. The number of nitrogens with one attached hydrogen (secondary N) is 1. The fourth-order valence-corrected chi connectivity index (χ4v) is 1.34. The quantitative estimate of drug-likeness (QED) is 0.764. The van der Waals surface area contributed by atoms with Crippen LogP contribution in [0.25, 0.3) is 0 Å². The lowest BCUT2D eigenvalue weighted by Crippen LogP contribution is -2.21. The fraction of sp³-hybridized carbons (Fsp3) is 0.714. The maximum Gasteiger partial charge on any atom is 0.441 e. The Balaban J connectivity index is 1.94. The molecule has 0 fully saturated rings. The van der Waals surface area contributed by atoms with Gasteiger partial charge in [0.25, 0.3) is 0 Å². The average molecular weight is 241 g/mol. The zero-order valence-electron chi connectivity index (χ0n) is 7.75. The molecule has 8 heteroatoms. The summed E-state index contributed by atoms with van der Waals surface area (Å²) < 4.78 is 39.6. The Bertz CT molecular complexity index is 265. The van der Waals surface area contributed by atoms with Crippen LogP contribution >= 0.6 is 11.8 Å². The third-order valence-electron chi connectivity index (χ3n) is 1.48. The molecule has 4 nitrogen and oxygen atoms in total. The molecule has 0 atom stereocenters. The molecule has 15 heavy (non-hydrogen) atoms. The summed E-state index contributed by atoms with van der Waals surface area (Å²) in [6, 6.07) is 0. The van der Waals surface area contributed by atoms with E-state index < -0.39 is 5.51 Å². The van der Waals surface area contributed by atoms with Gasteiger partial charge in [0.2, 0.25) is 6.39 Å². The number of hydrogen-bond donors (Lipinski definition) is 1. The lowest BCUT2D eigenvalue weighted by atomic mass is 10.4. The van der Waals surface area contributed by atoms with E-state index in [-0.39, 0.29) is 17.5 Å². The predicted molar refractivity (Wildman–Crippen MR) is 49.4 cm³/mol. The SMILES string of the molecule is FC(F)(F)SCCNCCc1ncon1. The fourth-order valence-electron chi connectivity index (χ4n) is 0.867. The van der Waals surface area contributed by atoms with E-state index in [2.05, 4.69) is 20.0 Å². The third-order valence-corrected chi connectivity index (χ3v) is 2.21. The van der Waals surface area contributed by atoms with E-state index in [4.69, 9.17) is 0 Å². The molecule has 1 N–H and O–H groups in total. The second kappa shape index (κ2) is 5.96. The van der Waals surface area contributed by atoms with Crippen molar-refractivity contribution in [2.75, 3.05) is 18.8 Å². The summed E-state index contributed by atoms with van der Waals surface area (Å²) in [4.78, 5) is 3.77. The van der Waals surface area contributed by atoms with E-state index in [1.54, 1.807) is 0 Å². The van der Waals surface area contributed by atoms with Crippen LogP contribution in [0.1, 0.15) is 5.82 Å². The topological polar surface area (TPSA) is 51.0 Å². The van der Waals surface area contributed by atoms with Crippen molar-refractivity contribution in [2.45, 2.75) is 11.9 Å². The van der Waals surface area contributed by atoms with Crippen molar-refractivity contribution in [3.8, 4) is 0 Å². The molecule has 0 aliphatic carbocycles. The van der Waals surface area contributed by atoms with E-state index in [1.165, 1.54) is 6.39 Å². The summed E-state index contributed by atoms with van der Waals surface area (Å²) in [5, 5.41) is 6.42. The van der Waals surface area contributed by atoms with Gasteiger partial charge in [-0.05, 0) is 11.8 Å². The van der Waals surface area contributed by atoms with Gasteiger partial charge in [0.15, 0.2) is 5.82 Å². The summed E-state index contributed by atoms with van der Waals surface area (Å²) in [5.74, 6) is 0.557. The van der Waals surface area contributed by atoms with Gasteiger partial charge in [-0.15, -0.1) is 0 Å². The average Bonchev–Trinajstić information content (AvgIpc) is 2.61. The molecule has 1 aromatic heterocycles. The Morgan fingerprint density at radius 1 is 1.40 bits per heavy atom. The first-order valence-corrected chi connectivity index (χ1v) is 5.23. The van der Waals surface area contributed by atoms with Crippen LogP contribution < -0.4 is 5.32 Å². The minimum atomic E-state index is -4.14. The highest BCUT2D eigenvalue weighted by molar-refractivity contribution is 8.00. The minimum Gasteiger partial charge on any atom is -0.343 e. The standard InChI is InChI=1S/C7H10F3N3OS/c8-7(9,10)15-4-3-11-2-1-6-12-5-14-13-6/h5,11H,1-4H2. The van der Waals surface area contributed by atoms with Gasteiger partial charge < -0.3 is 9.84 Å². The Labute approximate surface area is 88.6 Å². The molecule has 0 saturated carbocycles. The van der Waals surface area contributed by atoms with Gasteiger partial charge in [0.05, 0.1) is 0 Å². The van der Waals surface area contributed by atoms with Crippen LogP contribution in [0, 0.1) is 0 Å². The van der Waals surface area contributed by atoms with Crippen LogP contribution in [0.4, 0.5) is 13.2 Å². The van der Waals surface area contributed by atoms with Crippen LogP contribution in [-0.4, -0.2) is 34.5 Å². The van der Waals surface area contributed by atoms with Gasteiger partial charge in [-0.25, -0.2) is 0 Å². The highest BCUT2D eigenvalue weighted by Gasteiger charge is 2.27. The first-order valence-electron chi connectivity index (χ1n) is 4.24. The largest absolute Gasteiger partial charge is 0.441 e. The van der Waals surface area contributed by atoms with E-state index in [0.29, 0.717) is 25.3 Å². The van der Waals surface area contributed by atoms with E-state index in [1.807, 2.05) is 0 Å². The highest BCUT2D eigenvalue weighted by Crippen LogP contribution is 2.29. The van der Waals surface area contributed by atoms with E-state index in [9.17, 15) is 13.2 Å². The summed E-state index contributed by atoms with van der Waals surface area (Å²) in [6.45, 7) is 0.847. The summed E-state index contributed by atoms with van der Waals surface area (Å²) in [5.41, 5.74) is -4.14. The van der Waals surface area contributed by atoms with Gasteiger partial charge in [0, 0.05) is 25.3 Å². The molecule has 1 heterocycles. The Kier molecular flexibility index (Phi) is 4.89. The smallest absolute Gasteiger partial charge is 0.343 e. The van der Waals surface area contributed by atoms with Crippen molar-refractivity contribution in [1.29, 1.82) is 0 Å².